The Morgan fingerprint density at radius 1 is 1.45 bits per heavy atom. The predicted octanol–water partition coefficient (Wildman–Crippen LogP) is 0.586. The lowest BCUT2D eigenvalue weighted by Gasteiger charge is -1.87. The van der Waals surface area contributed by atoms with Gasteiger partial charge < -0.3 is 4.42 Å². The van der Waals surface area contributed by atoms with Crippen molar-refractivity contribution in [2.45, 2.75) is 13.3 Å². The molecule has 0 unspecified atom stereocenters. The van der Waals surface area contributed by atoms with Crippen LogP contribution >= 0.6 is 0 Å². The summed E-state index contributed by atoms with van der Waals surface area (Å²) in [6.07, 6.45) is 8.55. The van der Waals surface area contributed by atoms with Crippen LogP contribution < -0.4 is 10.8 Å². The fourth-order valence-corrected chi connectivity index (χ4v) is 1.09. The van der Waals surface area contributed by atoms with Crippen molar-refractivity contribution in [1.82, 2.24) is 4.98 Å². The Balaban J connectivity index is 2.71. The Morgan fingerprint density at radius 2 is 2.36 bits per heavy atom. The summed E-state index contributed by atoms with van der Waals surface area (Å²) in [6.45, 7) is 2.10. The molecule has 1 aromatic heterocycles. The summed E-state index contributed by atoms with van der Waals surface area (Å²) >= 11 is 0. The van der Waals surface area contributed by atoms with Crippen molar-refractivity contribution >= 4 is 12.2 Å². The molecule has 1 aliphatic carbocycles. The van der Waals surface area contributed by atoms with Crippen LogP contribution in [0.1, 0.15) is 13.3 Å². The van der Waals surface area contributed by atoms with Crippen LogP contribution in [0.25, 0.3) is 12.2 Å². The molecule has 2 nitrogen and oxygen atoms in total. The van der Waals surface area contributed by atoms with E-state index < -0.39 is 0 Å². The van der Waals surface area contributed by atoms with Crippen molar-refractivity contribution in [2.75, 3.05) is 0 Å². The maximum atomic E-state index is 5.14. The summed E-state index contributed by atoms with van der Waals surface area (Å²) in [4.78, 5) is 4.06. The van der Waals surface area contributed by atoms with Crippen molar-refractivity contribution in [1.29, 1.82) is 0 Å². The van der Waals surface area contributed by atoms with Gasteiger partial charge in [-0.2, -0.15) is 0 Å². The average molecular weight is 147 g/mol. The molecule has 0 aliphatic heterocycles. The van der Waals surface area contributed by atoms with Gasteiger partial charge in [0.05, 0.1) is 0 Å². The minimum absolute atomic E-state index is 0.863. The maximum absolute atomic E-state index is 5.14. The van der Waals surface area contributed by atoms with E-state index in [1.165, 1.54) is 12.0 Å². The average Bonchev–Trinajstić information content (AvgIpc) is 2.38. The van der Waals surface area contributed by atoms with Crippen molar-refractivity contribution in [2.24, 2.45) is 0 Å². The van der Waals surface area contributed by atoms with Gasteiger partial charge in [0.2, 0.25) is 0 Å². The molecule has 0 spiro atoms. The van der Waals surface area contributed by atoms with Gasteiger partial charge >= 0.3 is 0 Å². The number of rotatable bonds is 0. The number of hydrogen-bond acceptors (Lipinski definition) is 2. The van der Waals surface area contributed by atoms with E-state index in [4.69, 9.17) is 4.42 Å². The molecule has 0 bridgehead atoms. The van der Waals surface area contributed by atoms with Crippen LogP contribution in [0, 0.1) is 0 Å². The molecule has 0 saturated heterocycles. The SMILES string of the molecule is CC1=CC=c2ocnc2=CC1. The molecule has 0 aromatic carbocycles. The standard InChI is InChI=1S/C9H9NO/c1-7-2-4-8-9(5-3-7)11-6-10-8/h3-6H,2H2,1H3. The quantitative estimate of drug-likeness (QED) is 0.536. The van der Waals surface area contributed by atoms with E-state index >= 15 is 0 Å². The van der Waals surface area contributed by atoms with Gasteiger partial charge in [-0.05, 0) is 19.4 Å². The third-order valence-electron chi connectivity index (χ3n) is 1.76. The lowest BCUT2D eigenvalue weighted by atomic mass is 10.2. The number of oxazole rings is 1. The lowest BCUT2D eigenvalue weighted by molar-refractivity contribution is 0.525. The third kappa shape index (κ3) is 1.11. The molecule has 2 heteroatoms. The highest BCUT2D eigenvalue weighted by molar-refractivity contribution is 5.43. The predicted molar refractivity (Wildman–Crippen MR) is 43.1 cm³/mol. The van der Waals surface area contributed by atoms with E-state index in [0.29, 0.717) is 0 Å². The zero-order valence-corrected chi connectivity index (χ0v) is 6.37. The molecule has 1 heterocycles. The van der Waals surface area contributed by atoms with E-state index in [2.05, 4.69) is 24.1 Å². The lowest BCUT2D eigenvalue weighted by Crippen LogP contribution is -2.20. The second kappa shape index (κ2) is 2.38. The molecule has 0 radical (unpaired) electrons. The maximum Gasteiger partial charge on any atom is 0.181 e. The Bertz CT molecular complexity index is 397. The summed E-state index contributed by atoms with van der Waals surface area (Å²) in [5.74, 6) is 0. The van der Waals surface area contributed by atoms with Crippen LogP contribution in [0.3, 0.4) is 0 Å². The summed E-state index contributed by atoms with van der Waals surface area (Å²) in [5, 5.41) is 0.957. The van der Waals surface area contributed by atoms with Gasteiger partial charge in [0, 0.05) is 0 Å². The van der Waals surface area contributed by atoms with Gasteiger partial charge in [0.25, 0.3) is 0 Å². The van der Waals surface area contributed by atoms with Crippen molar-refractivity contribution in [3.8, 4) is 0 Å². The molecule has 1 aliphatic rings. The number of nitrogens with zero attached hydrogens (tertiary/aromatic N) is 1. The van der Waals surface area contributed by atoms with Gasteiger partial charge in [-0.3, -0.25) is 0 Å². The fourth-order valence-electron chi connectivity index (χ4n) is 1.09. The van der Waals surface area contributed by atoms with Crippen LogP contribution in [0.4, 0.5) is 0 Å². The smallest absolute Gasteiger partial charge is 0.181 e. The molecule has 11 heavy (non-hydrogen) atoms. The van der Waals surface area contributed by atoms with Crippen LogP contribution in [-0.4, -0.2) is 4.98 Å². The monoisotopic (exact) mass is 147 g/mol. The van der Waals surface area contributed by atoms with Gasteiger partial charge in [0.15, 0.2) is 11.8 Å². The number of aromatic nitrogens is 1. The molecule has 0 saturated carbocycles. The summed E-state index contributed by atoms with van der Waals surface area (Å²) in [5.41, 5.74) is 2.19. The van der Waals surface area contributed by atoms with E-state index in [1.807, 2.05) is 6.08 Å². The molecular weight excluding hydrogens is 138 g/mol. The zero-order valence-electron chi connectivity index (χ0n) is 6.37. The van der Waals surface area contributed by atoms with Crippen molar-refractivity contribution in [3.05, 3.63) is 28.8 Å². The fraction of sp³-hybridized carbons (Fsp3) is 0.222. The van der Waals surface area contributed by atoms with E-state index in [9.17, 15) is 0 Å². The number of hydrogen-bond donors (Lipinski definition) is 0. The summed E-state index contributed by atoms with van der Waals surface area (Å²) in [6, 6.07) is 0. The normalized spacial score (nSPS) is 15.5. The van der Waals surface area contributed by atoms with E-state index in [-0.39, 0.29) is 0 Å². The molecule has 1 aromatic rings. The number of fused-ring (bicyclic) bond motifs is 1. The summed E-state index contributed by atoms with van der Waals surface area (Å²) < 4.78 is 5.14. The molecule has 0 atom stereocenters. The first kappa shape index (κ1) is 6.40. The van der Waals surface area contributed by atoms with Crippen LogP contribution in [0.15, 0.2) is 22.5 Å². The first-order valence-electron chi connectivity index (χ1n) is 3.63. The molecule has 0 amide bonds. The topological polar surface area (TPSA) is 26.0 Å². The van der Waals surface area contributed by atoms with Gasteiger partial charge in [-0.25, -0.2) is 4.98 Å². The first-order chi connectivity index (χ1) is 5.36. The van der Waals surface area contributed by atoms with Gasteiger partial charge in [0.1, 0.15) is 5.35 Å². The van der Waals surface area contributed by atoms with Crippen LogP contribution in [0.5, 0.6) is 0 Å². The first-order valence-corrected chi connectivity index (χ1v) is 3.63. The zero-order chi connectivity index (χ0) is 7.68. The van der Waals surface area contributed by atoms with Crippen LogP contribution in [0.2, 0.25) is 0 Å². The Hall–Kier alpha value is -1.31. The highest BCUT2D eigenvalue weighted by Gasteiger charge is 1.94. The molecule has 2 rings (SSSR count). The molecule has 0 N–H and O–H groups in total. The highest BCUT2D eigenvalue weighted by Crippen LogP contribution is 2.01. The Kier molecular flexibility index (Phi) is 1.39. The minimum atomic E-state index is 0.863. The summed E-state index contributed by atoms with van der Waals surface area (Å²) in [7, 11) is 0. The van der Waals surface area contributed by atoms with Crippen molar-refractivity contribution < 1.29 is 4.42 Å². The van der Waals surface area contributed by atoms with E-state index in [1.54, 1.807) is 0 Å². The second-order valence-corrected chi connectivity index (χ2v) is 2.69. The van der Waals surface area contributed by atoms with Gasteiger partial charge in [-0.15, -0.1) is 0 Å². The van der Waals surface area contributed by atoms with Crippen molar-refractivity contribution in [3.63, 3.8) is 0 Å². The van der Waals surface area contributed by atoms with Gasteiger partial charge in [-0.1, -0.05) is 17.7 Å². The minimum Gasteiger partial charge on any atom is -0.443 e. The second-order valence-electron chi connectivity index (χ2n) is 2.69. The largest absolute Gasteiger partial charge is 0.443 e. The van der Waals surface area contributed by atoms with Crippen LogP contribution in [-0.2, 0) is 0 Å². The highest BCUT2D eigenvalue weighted by atomic mass is 16.3. The third-order valence-corrected chi connectivity index (χ3v) is 1.76. The Morgan fingerprint density at radius 3 is 3.27 bits per heavy atom. The molecular formula is C9H9NO. The Labute approximate surface area is 64.6 Å². The number of allylic oxidation sites excluding steroid dienone is 2. The van der Waals surface area contributed by atoms with E-state index in [0.717, 1.165) is 17.2 Å². The molecule has 56 valence electrons. The molecule has 0 fully saturated rings.